The molecule has 2 aliphatic heterocycles. The third kappa shape index (κ3) is 1.46. The summed E-state index contributed by atoms with van der Waals surface area (Å²) in [4.78, 5) is 16.2. The Kier molecular flexibility index (Phi) is 2.17. The second kappa shape index (κ2) is 3.36. The van der Waals surface area contributed by atoms with Gasteiger partial charge < -0.3 is 15.1 Å². The number of carboxylic acid groups (broad SMARTS) is 1. The van der Waals surface area contributed by atoms with E-state index in [0.29, 0.717) is 5.84 Å². The summed E-state index contributed by atoms with van der Waals surface area (Å²) in [5.41, 5.74) is 0.760. The Labute approximate surface area is 86.3 Å². The average Bonchev–Trinajstić information content (AvgIpc) is 2.19. The van der Waals surface area contributed by atoms with Crippen molar-refractivity contribution in [2.75, 3.05) is 0 Å². The highest BCUT2D eigenvalue weighted by Gasteiger charge is 2.30. The Bertz CT molecular complexity index is 432. The van der Waals surface area contributed by atoms with Crippen molar-refractivity contribution in [2.24, 2.45) is 4.99 Å². The Hall–Kier alpha value is -1.88. The van der Waals surface area contributed by atoms with Gasteiger partial charge >= 0.3 is 5.97 Å². The second-order valence-electron chi connectivity index (χ2n) is 3.31. The van der Waals surface area contributed by atoms with Gasteiger partial charge in [0.25, 0.3) is 0 Å². The highest BCUT2D eigenvalue weighted by Crippen LogP contribution is 2.21. The van der Waals surface area contributed by atoms with E-state index in [1.165, 1.54) is 11.1 Å². The van der Waals surface area contributed by atoms with Gasteiger partial charge in [0.05, 0.1) is 0 Å². The van der Waals surface area contributed by atoms with Crippen LogP contribution in [0.5, 0.6) is 0 Å². The summed E-state index contributed by atoms with van der Waals surface area (Å²) < 4.78 is 0. The van der Waals surface area contributed by atoms with Gasteiger partial charge in [-0.15, -0.1) is 0 Å². The summed E-state index contributed by atoms with van der Waals surface area (Å²) in [5.74, 6) is -0.582. The minimum absolute atomic E-state index is 0.127. The molecule has 1 unspecified atom stereocenters. The number of aliphatic carboxylic acids is 1. The van der Waals surface area contributed by atoms with Gasteiger partial charge in [0.1, 0.15) is 11.4 Å². The van der Waals surface area contributed by atoms with Crippen LogP contribution in [0.1, 0.15) is 6.92 Å². The number of aliphatic hydroxyl groups excluding tert-OH is 1. The number of allylic oxidation sites excluding steroid dienone is 2. The highest BCUT2D eigenvalue weighted by molar-refractivity contribution is 6.02. The van der Waals surface area contributed by atoms with Crippen LogP contribution in [0.3, 0.4) is 0 Å². The maximum atomic E-state index is 10.8. The lowest BCUT2D eigenvalue weighted by molar-refractivity contribution is -0.134. The molecule has 5 heteroatoms. The molecular weight excluding hydrogens is 196 g/mol. The Morgan fingerprint density at radius 3 is 3.00 bits per heavy atom. The first-order valence-corrected chi connectivity index (χ1v) is 4.44. The molecule has 2 heterocycles. The fourth-order valence-corrected chi connectivity index (χ4v) is 1.51. The molecule has 15 heavy (non-hydrogen) atoms. The van der Waals surface area contributed by atoms with Gasteiger partial charge in [0.15, 0.2) is 6.23 Å². The number of nitrogens with zero attached hydrogens (tertiary/aromatic N) is 2. The molecule has 0 radical (unpaired) electrons. The number of fused-ring (bicyclic) bond motifs is 1. The zero-order valence-corrected chi connectivity index (χ0v) is 8.08. The topological polar surface area (TPSA) is 73.1 Å². The average molecular weight is 206 g/mol. The zero-order valence-electron chi connectivity index (χ0n) is 8.08. The predicted molar refractivity (Wildman–Crippen MR) is 53.9 cm³/mol. The van der Waals surface area contributed by atoms with Gasteiger partial charge in [-0.2, -0.15) is 0 Å². The van der Waals surface area contributed by atoms with Crippen molar-refractivity contribution >= 4 is 11.8 Å². The number of aliphatic imine (C=N–C) groups is 1. The van der Waals surface area contributed by atoms with Crippen LogP contribution in [0.2, 0.25) is 0 Å². The Balaban J connectivity index is 2.44. The van der Waals surface area contributed by atoms with Crippen LogP contribution >= 0.6 is 0 Å². The van der Waals surface area contributed by atoms with E-state index in [-0.39, 0.29) is 5.57 Å². The fourth-order valence-electron chi connectivity index (χ4n) is 1.51. The SMILES string of the molecule is CC1=CC=CN2C1=NC=C(C(=O)O)C2O. The van der Waals surface area contributed by atoms with E-state index >= 15 is 0 Å². The standard InChI is InChI=1S/C10H10N2O3/c1-6-3-2-4-12-8(6)11-5-7(9(12)13)10(14)15/h2-5,9,13H,1H3,(H,14,15). The minimum Gasteiger partial charge on any atom is -0.478 e. The van der Waals surface area contributed by atoms with E-state index in [1.807, 2.05) is 13.0 Å². The van der Waals surface area contributed by atoms with E-state index in [9.17, 15) is 9.90 Å². The molecule has 0 spiro atoms. The largest absolute Gasteiger partial charge is 0.478 e. The molecule has 0 aromatic carbocycles. The van der Waals surface area contributed by atoms with Crippen LogP contribution < -0.4 is 0 Å². The molecule has 0 bridgehead atoms. The number of carbonyl (C=O) groups is 1. The molecule has 0 aromatic rings. The lowest BCUT2D eigenvalue weighted by Crippen LogP contribution is -2.42. The predicted octanol–water partition coefficient (Wildman–Crippen LogP) is 0.461. The summed E-state index contributed by atoms with van der Waals surface area (Å²) in [5, 5.41) is 18.6. The number of aliphatic hydroxyl groups is 1. The smallest absolute Gasteiger partial charge is 0.337 e. The number of carboxylic acids is 1. The molecule has 0 saturated heterocycles. The molecule has 0 aromatic heterocycles. The summed E-state index contributed by atoms with van der Waals surface area (Å²) >= 11 is 0. The van der Waals surface area contributed by atoms with E-state index < -0.39 is 12.2 Å². The molecule has 0 saturated carbocycles. The van der Waals surface area contributed by atoms with Crippen molar-refractivity contribution < 1.29 is 15.0 Å². The van der Waals surface area contributed by atoms with Crippen LogP contribution in [0.4, 0.5) is 0 Å². The molecular formula is C10H10N2O3. The van der Waals surface area contributed by atoms with E-state index in [4.69, 9.17) is 5.11 Å². The zero-order chi connectivity index (χ0) is 11.0. The molecule has 2 rings (SSSR count). The van der Waals surface area contributed by atoms with Gasteiger partial charge in [-0.05, 0) is 18.6 Å². The molecule has 1 atom stereocenters. The summed E-state index contributed by atoms with van der Waals surface area (Å²) in [7, 11) is 0. The van der Waals surface area contributed by atoms with Crippen molar-refractivity contribution in [1.82, 2.24) is 4.90 Å². The first kappa shape index (κ1) is 9.67. The molecule has 78 valence electrons. The first-order chi connectivity index (χ1) is 7.11. The van der Waals surface area contributed by atoms with Gasteiger partial charge in [0, 0.05) is 12.4 Å². The minimum atomic E-state index is -1.17. The molecule has 0 aliphatic carbocycles. The van der Waals surface area contributed by atoms with E-state index in [2.05, 4.69) is 4.99 Å². The van der Waals surface area contributed by atoms with Crippen molar-refractivity contribution in [2.45, 2.75) is 13.2 Å². The number of amidine groups is 1. The van der Waals surface area contributed by atoms with Crippen molar-refractivity contribution in [3.63, 3.8) is 0 Å². The maximum Gasteiger partial charge on any atom is 0.337 e. The Morgan fingerprint density at radius 1 is 1.60 bits per heavy atom. The third-order valence-electron chi connectivity index (χ3n) is 2.30. The van der Waals surface area contributed by atoms with Crippen molar-refractivity contribution in [3.05, 3.63) is 35.7 Å². The molecule has 5 nitrogen and oxygen atoms in total. The van der Waals surface area contributed by atoms with Crippen molar-refractivity contribution in [3.8, 4) is 0 Å². The molecule has 0 fully saturated rings. The van der Waals surface area contributed by atoms with Crippen LogP contribution in [0.15, 0.2) is 40.7 Å². The van der Waals surface area contributed by atoms with Crippen molar-refractivity contribution in [1.29, 1.82) is 0 Å². The van der Waals surface area contributed by atoms with Gasteiger partial charge in [-0.3, -0.25) is 0 Å². The highest BCUT2D eigenvalue weighted by atomic mass is 16.4. The quantitative estimate of drug-likeness (QED) is 0.653. The summed E-state index contributed by atoms with van der Waals surface area (Å²) in [6.07, 6.45) is 5.21. The molecule has 0 amide bonds. The lowest BCUT2D eigenvalue weighted by Gasteiger charge is -2.32. The molecule has 2 aliphatic rings. The van der Waals surface area contributed by atoms with Crippen LogP contribution in [0, 0.1) is 0 Å². The van der Waals surface area contributed by atoms with Crippen LogP contribution in [-0.4, -0.2) is 33.1 Å². The summed E-state index contributed by atoms with van der Waals surface area (Å²) in [6, 6.07) is 0. The van der Waals surface area contributed by atoms with E-state index in [1.54, 1.807) is 12.3 Å². The fraction of sp³-hybridized carbons (Fsp3) is 0.200. The maximum absolute atomic E-state index is 10.8. The van der Waals surface area contributed by atoms with Gasteiger partial charge in [-0.25, -0.2) is 9.79 Å². The molecule has 2 N–H and O–H groups in total. The van der Waals surface area contributed by atoms with Gasteiger partial charge in [-0.1, -0.05) is 6.08 Å². The summed E-state index contributed by atoms with van der Waals surface area (Å²) in [6.45, 7) is 1.85. The first-order valence-electron chi connectivity index (χ1n) is 4.44. The van der Waals surface area contributed by atoms with Gasteiger partial charge in [0.2, 0.25) is 0 Å². The van der Waals surface area contributed by atoms with E-state index in [0.717, 1.165) is 5.57 Å². The van der Waals surface area contributed by atoms with Crippen LogP contribution in [0.25, 0.3) is 0 Å². The second-order valence-corrected chi connectivity index (χ2v) is 3.31. The normalized spacial score (nSPS) is 24.0. The number of hydrogen-bond acceptors (Lipinski definition) is 4. The Morgan fingerprint density at radius 2 is 2.33 bits per heavy atom. The third-order valence-corrected chi connectivity index (χ3v) is 2.30. The monoisotopic (exact) mass is 206 g/mol. The lowest BCUT2D eigenvalue weighted by atomic mass is 10.1. The number of rotatable bonds is 1. The number of hydrogen-bond donors (Lipinski definition) is 2. The van der Waals surface area contributed by atoms with Crippen LogP contribution in [-0.2, 0) is 4.79 Å².